The summed E-state index contributed by atoms with van der Waals surface area (Å²) in [6, 6.07) is 9.89. The lowest BCUT2D eigenvalue weighted by molar-refractivity contribution is -0.384. The number of hydrogen-bond donors (Lipinski definition) is 1. The van der Waals surface area contributed by atoms with Gasteiger partial charge < -0.3 is 19.5 Å². The maximum atomic E-state index is 14.1. The number of ketones is 2. The van der Waals surface area contributed by atoms with Crippen LogP contribution in [0.2, 0.25) is 0 Å². The number of nitro benzene ring substituents is 1. The van der Waals surface area contributed by atoms with Crippen molar-refractivity contribution in [2.75, 3.05) is 13.2 Å². The van der Waals surface area contributed by atoms with E-state index in [1.165, 1.54) is 12.1 Å². The molecule has 0 saturated carbocycles. The van der Waals surface area contributed by atoms with Gasteiger partial charge in [0.25, 0.3) is 5.69 Å². The van der Waals surface area contributed by atoms with Gasteiger partial charge in [-0.15, -0.1) is 6.58 Å². The lowest BCUT2D eigenvalue weighted by atomic mass is 9.63. The van der Waals surface area contributed by atoms with Gasteiger partial charge in [0.2, 0.25) is 0 Å². The summed E-state index contributed by atoms with van der Waals surface area (Å²) in [6.07, 6.45) is 3.69. The van der Waals surface area contributed by atoms with Crippen molar-refractivity contribution in [1.82, 2.24) is 4.90 Å². The van der Waals surface area contributed by atoms with Crippen LogP contribution in [0, 0.1) is 20.9 Å². The van der Waals surface area contributed by atoms with E-state index in [1.54, 1.807) is 23.1 Å². The van der Waals surface area contributed by atoms with Gasteiger partial charge in [0.05, 0.1) is 11.5 Å². The molecule has 248 valence electrons. The quantitative estimate of drug-likeness (QED) is 0.155. The summed E-state index contributed by atoms with van der Waals surface area (Å²) < 4.78 is 12.4. The largest absolute Gasteiger partial charge is 0.490 e. The van der Waals surface area contributed by atoms with Crippen molar-refractivity contribution >= 4 is 23.2 Å². The van der Waals surface area contributed by atoms with Crippen LogP contribution in [0.3, 0.4) is 0 Å². The van der Waals surface area contributed by atoms with Gasteiger partial charge in [-0.1, -0.05) is 39.8 Å². The monoisotopic (exact) mass is 642 g/mol. The number of allylic oxidation sites excluding steroid dienone is 5. The molecule has 0 unspecified atom stereocenters. The second-order valence-corrected chi connectivity index (χ2v) is 14.2. The minimum Gasteiger partial charge on any atom is -0.490 e. The Morgan fingerprint density at radius 3 is 2.06 bits per heavy atom. The van der Waals surface area contributed by atoms with E-state index in [9.17, 15) is 29.6 Å². The van der Waals surface area contributed by atoms with Crippen molar-refractivity contribution in [2.45, 2.75) is 79.2 Å². The third-order valence-corrected chi connectivity index (χ3v) is 9.00. The normalized spacial score (nSPS) is 18.9. The molecule has 10 heteroatoms. The number of nitrogens with zero attached hydrogens (tertiary/aromatic N) is 2. The van der Waals surface area contributed by atoms with E-state index in [-0.39, 0.29) is 54.1 Å². The van der Waals surface area contributed by atoms with Gasteiger partial charge in [-0.05, 0) is 66.3 Å². The van der Waals surface area contributed by atoms with E-state index in [2.05, 4.69) is 6.58 Å². The summed E-state index contributed by atoms with van der Waals surface area (Å²) in [4.78, 5) is 52.8. The zero-order valence-corrected chi connectivity index (χ0v) is 27.7. The number of aliphatic carboxylic acids is 1. The number of carbonyl (C=O) groups excluding carboxylic acids is 2. The number of Topliss-reactive ketones (excluding diaryl/α,β-unsaturated/α-hetero) is 2. The fourth-order valence-electron chi connectivity index (χ4n) is 7.16. The SMILES string of the molecule is C=CCc1cc(C2C3=C(CC(C)(C)CC3=O)N(CC(=O)O)C3=C2C(=O)CC(C)(C)C3)cc(OCC)c1OCc1ccc([N+](=O)[O-])cc1. The molecule has 0 bridgehead atoms. The van der Waals surface area contributed by atoms with Crippen LogP contribution in [-0.2, 0) is 27.4 Å². The van der Waals surface area contributed by atoms with Gasteiger partial charge >= 0.3 is 5.97 Å². The van der Waals surface area contributed by atoms with E-state index in [0.29, 0.717) is 65.5 Å². The highest BCUT2D eigenvalue weighted by atomic mass is 16.6. The Morgan fingerprint density at radius 1 is 1.00 bits per heavy atom. The molecule has 1 aliphatic heterocycles. The number of carboxylic acids is 1. The Morgan fingerprint density at radius 2 is 1.57 bits per heavy atom. The first kappa shape index (κ1) is 33.6. The van der Waals surface area contributed by atoms with Crippen LogP contribution in [-0.4, -0.2) is 45.6 Å². The number of benzene rings is 2. The van der Waals surface area contributed by atoms with E-state index in [1.807, 2.05) is 46.8 Å². The number of carbonyl (C=O) groups is 3. The molecule has 0 spiro atoms. The van der Waals surface area contributed by atoms with Crippen molar-refractivity contribution in [3.05, 3.63) is 98.4 Å². The molecule has 0 saturated heterocycles. The molecular formula is C37H42N2O8. The number of carboxylic acid groups (broad SMARTS) is 1. The Hall–Kier alpha value is -4.73. The van der Waals surface area contributed by atoms with Crippen LogP contribution in [0.1, 0.15) is 82.9 Å². The highest BCUT2D eigenvalue weighted by Gasteiger charge is 2.49. The van der Waals surface area contributed by atoms with Gasteiger partial charge in [-0.3, -0.25) is 24.5 Å². The third kappa shape index (κ3) is 6.87. The van der Waals surface area contributed by atoms with Crippen molar-refractivity contribution in [3.63, 3.8) is 0 Å². The number of hydrogen-bond acceptors (Lipinski definition) is 8. The minimum absolute atomic E-state index is 0.0153. The zero-order valence-electron chi connectivity index (χ0n) is 27.7. The van der Waals surface area contributed by atoms with Crippen LogP contribution < -0.4 is 9.47 Å². The highest BCUT2D eigenvalue weighted by molar-refractivity contribution is 6.07. The molecule has 10 nitrogen and oxygen atoms in total. The van der Waals surface area contributed by atoms with Crippen molar-refractivity contribution in [1.29, 1.82) is 0 Å². The maximum absolute atomic E-state index is 14.1. The van der Waals surface area contributed by atoms with Crippen LogP contribution in [0.5, 0.6) is 11.5 Å². The molecular weight excluding hydrogens is 600 g/mol. The van der Waals surface area contributed by atoms with E-state index >= 15 is 0 Å². The highest BCUT2D eigenvalue weighted by Crippen LogP contribution is 2.55. The minimum atomic E-state index is -1.03. The molecule has 47 heavy (non-hydrogen) atoms. The third-order valence-electron chi connectivity index (χ3n) is 9.00. The molecule has 1 heterocycles. The Bertz CT molecular complexity index is 1660. The summed E-state index contributed by atoms with van der Waals surface area (Å²) >= 11 is 0. The fourth-order valence-corrected chi connectivity index (χ4v) is 7.16. The van der Waals surface area contributed by atoms with Crippen molar-refractivity contribution < 1.29 is 33.9 Å². The number of nitro groups is 1. The Kier molecular flexibility index (Phi) is 9.17. The molecule has 0 fully saturated rings. The molecule has 2 aliphatic carbocycles. The summed E-state index contributed by atoms with van der Waals surface area (Å²) in [5, 5.41) is 21.1. The van der Waals surface area contributed by atoms with E-state index < -0.39 is 16.8 Å². The summed E-state index contributed by atoms with van der Waals surface area (Å²) in [5.41, 5.74) is 3.68. The van der Waals surface area contributed by atoms with Gasteiger partial charge in [0.1, 0.15) is 13.2 Å². The van der Waals surface area contributed by atoms with Crippen LogP contribution in [0.4, 0.5) is 5.69 Å². The number of non-ortho nitro benzene ring substituents is 1. The molecule has 2 aromatic rings. The average Bonchev–Trinajstić information content (AvgIpc) is 2.96. The van der Waals surface area contributed by atoms with E-state index in [4.69, 9.17) is 9.47 Å². The standard InChI is InChI=1S/C37H42N2O8/c1-7-9-23-14-24(15-30(46-8-2)35(23)47-21-22-10-12-25(13-11-22)39(44)45)32-33-26(16-36(3,4)18-28(33)40)38(20-31(42)43)27-17-37(5,6)19-29(41)34(27)32/h7,10-15,32H,1,8-9,16-21H2,2-6H3,(H,42,43). The van der Waals surface area contributed by atoms with Gasteiger partial charge in [0, 0.05) is 59.0 Å². The number of rotatable bonds is 11. The fraction of sp³-hybridized carbons (Fsp3) is 0.432. The first-order valence-corrected chi connectivity index (χ1v) is 15.9. The predicted molar refractivity (Wildman–Crippen MR) is 176 cm³/mol. The molecule has 1 N–H and O–H groups in total. The Labute approximate surface area is 274 Å². The van der Waals surface area contributed by atoms with Crippen molar-refractivity contribution in [2.24, 2.45) is 10.8 Å². The van der Waals surface area contributed by atoms with Gasteiger partial charge in [0.15, 0.2) is 23.1 Å². The zero-order chi connectivity index (χ0) is 34.3. The number of ether oxygens (including phenoxy) is 2. The van der Waals surface area contributed by atoms with Gasteiger partial charge in [-0.2, -0.15) is 0 Å². The maximum Gasteiger partial charge on any atom is 0.323 e. The predicted octanol–water partition coefficient (Wildman–Crippen LogP) is 7.07. The summed E-state index contributed by atoms with van der Waals surface area (Å²) in [5.74, 6) is -0.995. The smallest absolute Gasteiger partial charge is 0.323 e. The topological polar surface area (TPSA) is 136 Å². The van der Waals surface area contributed by atoms with Crippen LogP contribution >= 0.6 is 0 Å². The van der Waals surface area contributed by atoms with Crippen LogP contribution in [0.15, 0.2) is 71.6 Å². The first-order valence-electron chi connectivity index (χ1n) is 15.9. The second-order valence-electron chi connectivity index (χ2n) is 14.2. The first-order chi connectivity index (χ1) is 22.1. The second kappa shape index (κ2) is 12.8. The lowest BCUT2D eigenvalue weighted by Crippen LogP contribution is -2.45. The van der Waals surface area contributed by atoms with Crippen molar-refractivity contribution in [3.8, 4) is 11.5 Å². The lowest BCUT2D eigenvalue weighted by Gasteiger charge is -2.48. The molecule has 0 radical (unpaired) electrons. The molecule has 0 aromatic heterocycles. The van der Waals surface area contributed by atoms with Crippen LogP contribution in [0.25, 0.3) is 0 Å². The molecule has 5 rings (SSSR count). The summed E-state index contributed by atoms with van der Waals surface area (Å²) in [6.45, 7) is 13.9. The summed E-state index contributed by atoms with van der Waals surface area (Å²) in [7, 11) is 0. The molecule has 0 atom stereocenters. The Balaban J connectivity index is 1.69. The van der Waals surface area contributed by atoms with E-state index in [0.717, 1.165) is 11.1 Å². The molecule has 3 aliphatic rings. The molecule has 2 aromatic carbocycles. The van der Waals surface area contributed by atoms with Gasteiger partial charge in [-0.25, -0.2) is 0 Å². The average molecular weight is 643 g/mol. The molecule has 0 amide bonds.